The molecule has 1 unspecified atom stereocenters. The zero-order valence-corrected chi connectivity index (χ0v) is 9.90. The third kappa shape index (κ3) is 4.00. The van der Waals surface area contributed by atoms with Gasteiger partial charge in [0.1, 0.15) is 0 Å². The molecule has 0 fully saturated rings. The smallest absolute Gasteiger partial charge is 0.0962 e. The fraction of sp³-hybridized carbons (Fsp3) is 0.615. The van der Waals surface area contributed by atoms with Gasteiger partial charge in [0.05, 0.1) is 11.8 Å². The maximum atomic E-state index is 9.95. The van der Waals surface area contributed by atoms with Crippen LogP contribution in [0.1, 0.15) is 50.5 Å². The number of pyridine rings is 1. The molecule has 1 heterocycles. The molecule has 1 N–H and O–H groups in total. The fourth-order valence-electron chi connectivity index (χ4n) is 1.70. The van der Waals surface area contributed by atoms with E-state index in [1.165, 1.54) is 6.42 Å². The number of aromatic nitrogens is 1. The summed E-state index contributed by atoms with van der Waals surface area (Å²) in [5.41, 5.74) is 1.91. The maximum absolute atomic E-state index is 9.95. The van der Waals surface area contributed by atoms with E-state index in [0.29, 0.717) is 5.92 Å². The monoisotopic (exact) mass is 207 g/mol. The Labute approximate surface area is 92.4 Å². The number of nitrogens with zero attached hydrogens (tertiary/aromatic N) is 1. The van der Waals surface area contributed by atoms with Crippen LogP contribution >= 0.6 is 0 Å². The van der Waals surface area contributed by atoms with Gasteiger partial charge in [-0.1, -0.05) is 32.8 Å². The zero-order valence-electron chi connectivity index (χ0n) is 9.90. The maximum Gasteiger partial charge on any atom is 0.0962 e. The van der Waals surface area contributed by atoms with Crippen LogP contribution in [0.3, 0.4) is 0 Å². The molecule has 0 saturated heterocycles. The van der Waals surface area contributed by atoms with Gasteiger partial charge < -0.3 is 5.11 Å². The lowest BCUT2D eigenvalue weighted by Gasteiger charge is -2.12. The molecule has 0 aliphatic heterocycles. The Morgan fingerprint density at radius 2 is 2.07 bits per heavy atom. The van der Waals surface area contributed by atoms with Crippen LogP contribution in [0.4, 0.5) is 0 Å². The first-order valence-electron chi connectivity index (χ1n) is 5.71. The number of aliphatic hydroxyl groups excluding tert-OH is 1. The Balaban J connectivity index is 2.47. The molecule has 0 saturated carbocycles. The standard InChI is InChI=1S/C13H21NO/c1-10(2)6-4-8-12(15)13-11(3)7-5-9-14-13/h5,7,9-10,12,15H,4,6,8H2,1-3H3. The van der Waals surface area contributed by atoms with Gasteiger partial charge in [-0.25, -0.2) is 0 Å². The van der Waals surface area contributed by atoms with Crippen LogP contribution < -0.4 is 0 Å². The fourth-order valence-corrected chi connectivity index (χ4v) is 1.70. The van der Waals surface area contributed by atoms with Gasteiger partial charge in [-0.2, -0.15) is 0 Å². The summed E-state index contributed by atoms with van der Waals surface area (Å²) < 4.78 is 0. The number of rotatable bonds is 5. The van der Waals surface area contributed by atoms with E-state index in [1.54, 1.807) is 6.20 Å². The van der Waals surface area contributed by atoms with Crippen molar-refractivity contribution in [3.8, 4) is 0 Å². The van der Waals surface area contributed by atoms with Crippen LogP contribution in [0.2, 0.25) is 0 Å². The number of hydrogen-bond donors (Lipinski definition) is 1. The molecular weight excluding hydrogens is 186 g/mol. The first-order valence-corrected chi connectivity index (χ1v) is 5.71. The summed E-state index contributed by atoms with van der Waals surface area (Å²) >= 11 is 0. The lowest BCUT2D eigenvalue weighted by Crippen LogP contribution is -2.03. The van der Waals surface area contributed by atoms with Crippen molar-refractivity contribution in [3.63, 3.8) is 0 Å². The Morgan fingerprint density at radius 3 is 2.67 bits per heavy atom. The van der Waals surface area contributed by atoms with Gasteiger partial charge in [0.2, 0.25) is 0 Å². The molecular formula is C13H21NO. The highest BCUT2D eigenvalue weighted by atomic mass is 16.3. The van der Waals surface area contributed by atoms with Crippen LogP contribution in [-0.2, 0) is 0 Å². The lowest BCUT2D eigenvalue weighted by atomic mass is 10.0. The quantitative estimate of drug-likeness (QED) is 0.804. The first-order chi connectivity index (χ1) is 7.11. The van der Waals surface area contributed by atoms with E-state index in [1.807, 2.05) is 19.1 Å². The molecule has 0 radical (unpaired) electrons. The minimum atomic E-state index is -0.398. The van der Waals surface area contributed by atoms with Crippen molar-refractivity contribution < 1.29 is 5.11 Å². The van der Waals surface area contributed by atoms with E-state index in [2.05, 4.69) is 18.8 Å². The van der Waals surface area contributed by atoms with Crippen molar-refractivity contribution in [3.05, 3.63) is 29.6 Å². The molecule has 1 atom stereocenters. The minimum absolute atomic E-state index is 0.398. The molecule has 1 rings (SSSR count). The SMILES string of the molecule is Cc1cccnc1C(O)CCCC(C)C. The summed E-state index contributed by atoms with van der Waals surface area (Å²) in [4.78, 5) is 4.23. The van der Waals surface area contributed by atoms with Gasteiger partial charge in [0, 0.05) is 6.20 Å². The normalized spacial score (nSPS) is 13.1. The Hall–Kier alpha value is -0.890. The van der Waals surface area contributed by atoms with Crippen molar-refractivity contribution in [1.82, 2.24) is 4.98 Å². The van der Waals surface area contributed by atoms with E-state index >= 15 is 0 Å². The molecule has 1 aromatic rings. The summed E-state index contributed by atoms with van der Waals surface area (Å²) in [6, 6.07) is 3.90. The topological polar surface area (TPSA) is 33.1 Å². The second kappa shape index (κ2) is 5.86. The molecule has 0 amide bonds. The molecule has 0 aromatic carbocycles. The molecule has 0 bridgehead atoms. The summed E-state index contributed by atoms with van der Waals surface area (Å²) in [6.07, 6.45) is 4.40. The third-order valence-corrected chi connectivity index (χ3v) is 2.62. The Kier molecular flexibility index (Phi) is 4.76. The van der Waals surface area contributed by atoms with E-state index in [0.717, 1.165) is 24.1 Å². The summed E-state index contributed by atoms with van der Waals surface area (Å²) in [5.74, 6) is 0.710. The molecule has 84 valence electrons. The van der Waals surface area contributed by atoms with Crippen LogP contribution in [-0.4, -0.2) is 10.1 Å². The molecule has 2 nitrogen and oxygen atoms in total. The van der Waals surface area contributed by atoms with Crippen molar-refractivity contribution >= 4 is 0 Å². The van der Waals surface area contributed by atoms with Crippen LogP contribution in [0.25, 0.3) is 0 Å². The van der Waals surface area contributed by atoms with E-state index in [-0.39, 0.29) is 0 Å². The highest BCUT2D eigenvalue weighted by Gasteiger charge is 2.11. The predicted octanol–water partition coefficient (Wildman–Crippen LogP) is 3.25. The number of hydrogen-bond acceptors (Lipinski definition) is 2. The van der Waals surface area contributed by atoms with Gasteiger partial charge in [-0.3, -0.25) is 4.98 Å². The number of aliphatic hydroxyl groups is 1. The van der Waals surface area contributed by atoms with Gasteiger partial charge in [-0.05, 0) is 30.9 Å². The summed E-state index contributed by atoms with van der Waals surface area (Å²) in [7, 11) is 0. The Morgan fingerprint density at radius 1 is 1.33 bits per heavy atom. The van der Waals surface area contributed by atoms with Crippen LogP contribution in [0.15, 0.2) is 18.3 Å². The predicted molar refractivity (Wildman–Crippen MR) is 62.6 cm³/mol. The highest BCUT2D eigenvalue weighted by molar-refractivity contribution is 5.19. The van der Waals surface area contributed by atoms with Gasteiger partial charge in [-0.15, -0.1) is 0 Å². The molecule has 15 heavy (non-hydrogen) atoms. The average Bonchev–Trinajstić information content (AvgIpc) is 2.17. The van der Waals surface area contributed by atoms with Crippen LogP contribution in [0.5, 0.6) is 0 Å². The van der Waals surface area contributed by atoms with Gasteiger partial charge in [0.15, 0.2) is 0 Å². The molecule has 1 aromatic heterocycles. The third-order valence-electron chi connectivity index (χ3n) is 2.62. The zero-order chi connectivity index (χ0) is 11.3. The highest BCUT2D eigenvalue weighted by Crippen LogP contribution is 2.21. The average molecular weight is 207 g/mol. The minimum Gasteiger partial charge on any atom is -0.387 e. The molecule has 2 heteroatoms. The summed E-state index contributed by atoms with van der Waals surface area (Å²) in [6.45, 7) is 6.41. The van der Waals surface area contributed by atoms with Crippen molar-refractivity contribution in [1.29, 1.82) is 0 Å². The van der Waals surface area contributed by atoms with Crippen molar-refractivity contribution in [2.24, 2.45) is 5.92 Å². The van der Waals surface area contributed by atoms with E-state index in [4.69, 9.17) is 0 Å². The summed E-state index contributed by atoms with van der Waals surface area (Å²) in [5, 5.41) is 9.95. The second-order valence-corrected chi connectivity index (χ2v) is 4.55. The second-order valence-electron chi connectivity index (χ2n) is 4.55. The van der Waals surface area contributed by atoms with Crippen LogP contribution in [0, 0.1) is 12.8 Å². The molecule has 0 spiro atoms. The first kappa shape index (κ1) is 12.2. The van der Waals surface area contributed by atoms with Crippen molar-refractivity contribution in [2.45, 2.75) is 46.1 Å². The van der Waals surface area contributed by atoms with Gasteiger partial charge >= 0.3 is 0 Å². The lowest BCUT2D eigenvalue weighted by molar-refractivity contribution is 0.156. The number of aryl methyl sites for hydroxylation is 1. The van der Waals surface area contributed by atoms with Crippen molar-refractivity contribution in [2.75, 3.05) is 0 Å². The van der Waals surface area contributed by atoms with E-state index in [9.17, 15) is 5.11 Å². The molecule has 0 aliphatic carbocycles. The Bertz CT molecular complexity index is 296. The van der Waals surface area contributed by atoms with E-state index < -0.39 is 6.10 Å². The molecule has 0 aliphatic rings. The largest absolute Gasteiger partial charge is 0.387 e. The van der Waals surface area contributed by atoms with Gasteiger partial charge in [0.25, 0.3) is 0 Å².